The molecule has 11 atom stereocenters. The molecule has 10 unspecified atom stereocenters. The summed E-state index contributed by atoms with van der Waals surface area (Å²) in [7, 11) is 2.41. The van der Waals surface area contributed by atoms with Gasteiger partial charge in [0.2, 0.25) is 0 Å². The van der Waals surface area contributed by atoms with Crippen molar-refractivity contribution in [3.63, 3.8) is 0 Å². The number of allylic oxidation sites excluding steroid dienone is 12. The fraction of sp³-hybridized carbons (Fsp3) is 0.652. The number of nitrogens with one attached hydrogen (secondary N) is 1. The molecule has 2 fully saturated rings. The van der Waals surface area contributed by atoms with Crippen LogP contribution in [0.4, 0.5) is 0 Å². The number of hydrogen-bond acceptors (Lipinski definition) is 4. The minimum Gasteiger partial charge on any atom is -0.379 e. The molecule has 0 amide bonds. The number of aliphatic hydroxyl groups is 1. The van der Waals surface area contributed by atoms with Crippen molar-refractivity contribution in [2.75, 3.05) is 7.05 Å². The van der Waals surface area contributed by atoms with Crippen LogP contribution in [-0.2, 0) is 0 Å². The first-order valence-corrected chi connectivity index (χ1v) is 20.1. The van der Waals surface area contributed by atoms with Crippen LogP contribution < -0.4 is 5.32 Å². The molecule has 5 rings (SSSR count). The van der Waals surface area contributed by atoms with E-state index < -0.39 is 6.23 Å². The Morgan fingerprint density at radius 2 is 1.88 bits per heavy atom. The van der Waals surface area contributed by atoms with Gasteiger partial charge in [-0.2, -0.15) is 0 Å². The highest BCUT2D eigenvalue weighted by Crippen LogP contribution is 2.54. The number of fused-ring (bicyclic) bond motifs is 1. The average molecular weight is 682 g/mol. The smallest absolute Gasteiger partial charge is 0.102 e. The van der Waals surface area contributed by atoms with Crippen LogP contribution in [0.15, 0.2) is 95.3 Å². The van der Waals surface area contributed by atoms with E-state index in [0.717, 1.165) is 32.1 Å². The quantitative estimate of drug-likeness (QED) is 0.129. The van der Waals surface area contributed by atoms with Gasteiger partial charge < -0.3 is 10.0 Å². The number of hydrogen-bond donors (Lipinski definition) is 2. The molecule has 5 aliphatic rings. The fourth-order valence-corrected chi connectivity index (χ4v) is 9.98. The van der Waals surface area contributed by atoms with Crippen molar-refractivity contribution >= 4 is 0 Å². The molecule has 4 nitrogen and oxygen atoms in total. The van der Waals surface area contributed by atoms with Crippen LogP contribution in [0.1, 0.15) is 114 Å². The van der Waals surface area contributed by atoms with Gasteiger partial charge in [-0.05, 0) is 112 Å². The van der Waals surface area contributed by atoms with E-state index in [-0.39, 0.29) is 17.6 Å². The normalized spacial score (nSPS) is 34.4. The molecule has 50 heavy (non-hydrogen) atoms. The Morgan fingerprint density at radius 3 is 2.50 bits per heavy atom. The van der Waals surface area contributed by atoms with Crippen LogP contribution in [0.5, 0.6) is 0 Å². The maximum absolute atomic E-state index is 10.2. The van der Waals surface area contributed by atoms with Crippen molar-refractivity contribution < 1.29 is 5.11 Å². The molecule has 1 heterocycles. The van der Waals surface area contributed by atoms with Crippen molar-refractivity contribution in [3.05, 3.63) is 95.3 Å². The molecule has 1 saturated heterocycles. The lowest BCUT2D eigenvalue weighted by atomic mass is 9.63. The summed E-state index contributed by atoms with van der Waals surface area (Å²) in [6.07, 6.45) is 32.4. The van der Waals surface area contributed by atoms with Crippen molar-refractivity contribution in [3.8, 4) is 0 Å². The molecule has 4 heteroatoms. The third kappa shape index (κ3) is 8.29. The summed E-state index contributed by atoms with van der Waals surface area (Å²) < 4.78 is 0. The minimum atomic E-state index is -0.530. The number of nitrogens with zero attached hydrogens (tertiary/aromatic N) is 2. The second-order valence-electron chi connectivity index (χ2n) is 17.7. The highest BCUT2D eigenvalue weighted by molar-refractivity contribution is 5.44. The topological polar surface area (TPSA) is 38.7 Å². The predicted octanol–water partition coefficient (Wildman–Crippen LogP) is 10.5. The van der Waals surface area contributed by atoms with Crippen LogP contribution >= 0.6 is 0 Å². The first kappa shape index (κ1) is 38.8. The van der Waals surface area contributed by atoms with Crippen LogP contribution in [0, 0.1) is 40.9 Å². The predicted molar refractivity (Wildman–Crippen MR) is 214 cm³/mol. The number of rotatable bonds is 11. The molecule has 4 aliphatic carbocycles. The second-order valence-corrected chi connectivity index (χ2v) is 17.7. The summed E-state index contributed by atoms with van der Waals surface area (Å²) in [6, 6.07) is 1.09. The molecular weight excluding hydrogens is 611 g/mol. The Morgan fingerprint density at radius 1 is 1.12 bits per heavy atom. The average Bonchev–Trinajstić information content (AvgIpc) is 3.37. The highest BCUT2D eigenvalue weighted by Gasteiger charge is 2.54. The van der Waals surface area contributed by atoms with Gasteiger partial charge in [-0.15, -0.1) is 0 Å². The number of likely N-dealkylation sites (N-methyl/N-ethyl adjacent to an activating group) is 1. The largest absolute Gasteiger partial charge is 0.379 e. The molecular formula is C46H71N3O. The standard InChI is InChI=1S/C46H71N3O/c1-12-30(2)43(47-35(7)50)31(3)21-19-20-26-42-48(11)41-27-32(4)33(5)34(6)44(41)49(42)45-39(36-22-15-13-16-23-36)28-38(46(8,9)10)29-40(45)37-24-17-14-18-25-37/h13-17,19-22,24,30,32,34-36,38-39,41-44,47,50H,5,12,18,23,25-29H2,1-4,6-11H3/b20-19-,31-21-/t30-,32?,34?,35?,36?,38?,39?,41?,42?,43?,44?/m0/s1. The highest BCUT2D eigenvalue weighted by atomic mass is 16.3. The second kappa shape index (κ2) is 16.5. The van der Waals surface area contributed by atoms with Crippen molar-refractivity contribution in [2.45, 2.75) is 144 Å². The van der Waals surface area contributed by atoms with E-state index >= 15 is 0 Å². The Kier molecular flexibility index (Phi) is 12.8. The monoisotopic (exact) mass is 682 g/mol. The fourth-order valence-electron chi connectivity index (χ4n) is 9.98. The first-order chi connectivity index (χ1) is 23.7. The Bertz CT molecular complexity index is 1410. The zero-order valence-electron chi connectivity index (χ0n) is 33.3. The van der Waals surface area contributed by atoms with Gasteiger partial charge in [-0.3, -0.25) is 10.2 Å². The zero-order valence-corrected chi connectivity index (χ0v) is 33.3. The van der Waals surface area contributed by atoms with Crippen LogP contribution in [-0.4, -0.2) is 52.5 Å². The van der Waals surface area contributed by atoms with E-state index in [1.54, 1.807) is 16.8 Å². The molecule has 1 aliphatic heterocycles. The molecule has 1 saturated carbocycles. The maximum atomic E-state index is 10.2. The summed E-state index contributed by atoms with van der Waals surface area (Å²) in [6.45, 7) is 25.6. The van der Waals surface area contributed by atoms with Gasteiger partial charge in [0.05, 0.1) is 12.2 Å². The van der Waals surface area contributed by atoms with Gasteiger partial charge in [0.1, 0.15) is 6.23 Å². The van der Waals surface area contributed by atoms with E-state index in [2.05, 4.69) is 138 Å². The zero-order chi connectivity index (χ0) is 36.3. The maximum Gasteiger partial charge on any atom is 0.102 e. The molecule has 0 radical (unpaired) electrons. The van der Waals surface area contributed by atoms with Gasteiger partial charge in [0.25, 0.3) is 0 Å². The van der Waals surface area contributed by atoms with Crippen LogP contribution in [0.2, 0.25) is 0 Å². The van der Waals surface area contributed by atoms with Crippen LogP contribution in [0.25, 0.3) is 0 Å². The Balaban J connectivity index is 1.62. The molecule has 2 N–H and O–H groups in total. The third-order valence-electron chi connectivity index (χ3n) is 13.4. The van der Waals surface area contributed by atoms with Gasteiger partial charge in [0.15, 0.2) is 0 Å². The summed E-state index contributed by atoms with van der Waals surface area (Å²) in [4.78, 5) is 5.75. The molecule has 0 aromatic heterocycles. The Labute approximate surface area is 306 Å². The lowest BCUT2D eigenvalue weighted by Gasteiger charge is -2.50. The van der Waals surface area contributed by atoms with Crippen molar-refractivity contribution in [1.29, 1.82) is 0 Å². The van der Waals surface area contributed by atoms with Gasteiger partial charge in [0, 0.05) is 23.7 Å². The lowest BCUT2D eigenvalue weighted by molar-refractivity contribution is 0.103. The van der Waals surface area contributed by atoms with E-state index in [1.165, 1.54) is 30.4 Å². The summed E-state index contributed by atoms with van der Waals surface area (Å²) in [5.41, 5.74) is 7.86. The summed E-state index contributed by atoms with van der Waals surface area (Å²) >= 11 is 0. The molecule has 0 spiro atoms. The molecule has 0 aromatic rings. The van der Waals surface area contributed by atoms with Gasteiger partial charge in [-0.1, -0.05) is 133 Å². The number of aliphatic hydroxyl groups excluding tert-OH is 1. The van der Waals surface area contributed by atoms with Crippen molar-refractivity contribution in [1.82, 2.24) is 15.1 Å². The van der Waals surface area contributed by atoms with Crippen LogP contribution in [0.3, 0.4) is 0 Å². The van der Waals surface area contributed by atoms with E-state index in [0.29, 0.717) is 47.6 Å². The Hall–Kier alpha value is -2.40. The first-order valence-electron chi connectivity index (χ1n) is 20.1. The van der Waals surface area contributed by atoms with Gasteiger partial charge in [-0.25, -0.2) is 0 Å². The lowest BCUT2D eigenvalue weighted by Crippen LogP contribution is -2.50. The van der Waals surface area contributed by atoms with E-state index in [1.807, 2.05) is 6.92 Å². The third-order valence-corrected chi connectivity index (χ3v) is 13.4. The molecule has 0 aromatic carbocycles. The summed E-state index contributed by atoms with van der Waals surface area (Å²) in [5, 5.41) is 13.6. The molecule has 0 bridgehead atoms. The van der Waals surface area contributed by atoms with E-state index in [9.17, 15) is 5.11 Å². The minimum absolute atomic E-state index is 0.161. The van der Waals surface area contributed by atoms with Gasteiger partial charge >= 0.3 is 0 Å². The van der Waals surface area contributed by atoms with Crippen molar-refractivity contribution in [2.24, 2.45) is 40.9 Å². The molecule has 276 valence electrons. The summed E-state index contributed by atoms with van der Waals surface area (Å²) in [5.74, 6) is 3.06. The SMILES string of the molecule is C=C1C(C)CC2C(C1C)N(C1=C(C3=CC=CCC3)CC(C(C)(C)C)CC1C1C=CC=CC1)C(C/C=C\C=C(\C)C(NC(C)O)[C@@H](C)CC)N2C. The van der Waals surface area contributed by atoms with E-state index in [4.69, 9.17) is 6.58 Å².